The SMILES string of the molecule is O=P(O)(c1ccccc1)c1ncccn1. The van der Waals surface area contributed by atoms with E-state index in [-0.39, 0.29) is 5.57 Å². The van der Waals surface area contributed by atoms with E-state index in [9.17, 15) is 9.46 Å². The minimum Gasteiger partial charge on any atom is -0.336 e. The molecule has 0 saturated heterocycles. The van der Waals surface area contributed by atoms with Crippen molar-refractivity contribution in [3.63, 3.8) is 0 Å². The van der Waals surface area contributed by atoms with Gasteiger partial charge in [0, 0.05) is 17.7 Å². The van der Waals surface area contributed by atoms with Crippen molar-refractivity contribution in [2.24, 2.45) is 0 Å². The van der Waals surface area contributed by atoms with Gasteiger partial charge in [-0.2, -0.15) is 0 Å². The molecule has 76 valence electrons. The lowest BCUT2D eigenvalue weighted by molar-refractivity contribution is 0.499. The molecule has 0 aliphatic rings. The molecule has 4 nitrogen and oxygen atoms in total. The molecule has 0 fully saturated rings. The van der Waals surface area contributed by atoms with Gasteiger partial charge in [-0.05, 0) is 18.2 Å². The Labute approximate surface area is 87.1 Å². The van der Waals surface area contributed by atoms with Gasteiger partial charge in [-0.25, -0.2) is 9.97 Å². The molecule has 1 unspecified atom stereocenters. The Morgan fingerprint density at radius 1 is 1.00 bits per heavy atom. The summed E-state index contributed by atoms with van der Waals surface area (Å²) in [5.74, 6) is 0. The summed E-state index contributed by atoms with van der Waals surface area (Å²) in [6, 6.07) is 10.0. The Bertz CT molecular complexity index is 444. The summed E-state index contributed by atoms with van der Waals surface area (Å²) >= 11 is 0. The third-order valence-electron chi connectivity index (χ3n) is 1.93. The third-order valence-corrected chi connectivity index (χ3v) is 3.70. The first-order valence-electron chi connectivity index (χ1n) is 4.37. The lowest BCUT2D eigenvalue weighted by Crippen LogP contribution is -2.20. The van der Waals surface area contributed by atoms with Crippen LogP contribution in [0, 0.1) is 0 Å². The first-order valence-corrected chi connectivity index (χ1v) is 6.03. The van der Waals surface area contributed by atoms with Crippen molar-refractivity contribution in [2.45, 2.75) is 0 Å². The highest BCUT2D eigenvalue weighted by Crippen LogP contribution is 2.35. The van der Waals surface area contributed by atoms with Crippen LogP contribution in [-0.4, -0.2) is 14.9 Å². The lowest BCUT2D eigenvalue weighted by Gasteiger charge is -2.08. The van der Waals surface area contributed by atoms with Crippen molar-refractivity contribution in [1.82, 2.24) is 9.97 Å². The fraction of sp³-hybridized carbons (Fsp3) is 0. The van der Waals surface area contributed by atoms with E-state index in [2.05, 4.69) is 9.97 Å². The molecule has 1 aromatic heterocycles. The fourth-order valence-corrected chi connectivity index (χ4v) is 2.45. The van der Waals surface area contributed by atoms with E-state index in [0.717, 1.165) is 0 Å². The number of benzene rings is 1. The second-order valence-corrected chi connectivity index (χ2v) is 5.03. The van der Waals surface area contributed by atoms with Crippen molar-refractivity contribution in [3.8, 4) is 0 Å². The van der Waals surface area contributed by atoms with Gasteiger partial charge in [-0.15, -0.1) is 0 Å². The van der Waals surface area contributed by atoms with Gasteiger partial charge >= 0.3 is 0 Å². The van der Waals surface area contributed by atoms with Crippen molar-refractivity contribution >= 4 is 18.2 Å². The molecule has 1 heterocycles. The quantitative estimate of drug-likeness (QED) is 0.756. The summed E-state index contributed by atoms with van der Waals surface area (Å²) in [5, 5.41) is 0.344. The van der Waals surface area contributed by atoms with E-state index in [4.69, 9.17) is 0 Å². The summed E-state index contributed by atoms with van der Waals surface area (Å²) in [6.07, 6.45) is 2.91. The highest BCUT2D eigenvalue weighted by molar-refractivity contribution is 7.73. The molecule has 0 aliphatic heterocycles. The van der Waals surface area contributed by atoms with Crippen LogP contribution in [0.4, 0.5) is 0 Å². The van der Waals surface area contributed by atoms with Crippen LogP contribution in [0.15, 0.2) is 48.8 Å². The van der Waals surface area contributed by atoms with Crippen LogP contribution in [-0.2, 0) is 4.57 Å². The van der Waals surface area contributed by atoms with E-state index in [1.54, 1.807) is 36.4 Å². The highest BCUT2D eigenvalue weighted by Gasteiger charge is 2.26. The van der Waals surface area contributed by atoms with E-state index in [1.807, 2.05) is 0 Å². The first-order chi connectivity index (χ1) is 7.21. The zero-order chi connectivity index (χ0) is 10.7. The number of hydrogen-bond donors (Lipinski definition) is 1. The van der Waals surface area contributed by atoms with Crippen LogP contribution in [0.3, 0.4) is 0 Å². The summed E-state index contributed by atoms with van der Waals surface area (Å²) in [7, 11) is -3.62. The van der Waals surface area contributed by atoms with Crippen molar-refractivity contribution in [3.05, 3.63) is 48.8 Å². The smallest absolute Gasteiger partial charge is 0.295 e. The van der Waals surface area contributed by atoms with Crippen LogP contribution >= 0.6 is 7.37 Å². The summed E-state index contributed by atoms with van der Waals surface area (Å²) < 4.78 is 12.0. The zero-order valence-corrected chi connectivity index (χ0v) is 8.71. The lowest BCUT2D eigenvalue weighted by atomic mass is 10.4. The summed E-state index contributed by atoms with van der Waals surface area (Å²) in [6.45, 7) is 0. The standard InChI is InChI=1S/C10H9N2O2P/c13-15(14,9-5-2-1-3-6-9)10-11-7-4-8-12-10/h1-8H,(H,13,14). The Balaban J connectivity index is 2.50. The van der Waals surface area contributed by atoms with Crippen molar-refractivity contribution < 1.29 is 9.46 Å². The minimum absolute atomic E-state index is 0.0313. The summed E-state index contributed by atoms with van der Waals surface area (Å²) in [5.41, 5.74) is -0.0313. The van der Waals surface area contributed by atoms with Gasteiger partial charge in [0.15, 0.2) is 0 Å². The number of nitrogens with zero attached hydrogens (tertiary/aromatic N) is 2. The second kappa shape index (κ2) is 3.93. The Morgan fingerprint density at radius 2 is 1.60 bits per heavy atom. The molecular weight excluding hydrogens is 211 g/mol. The third kappa shape index (κ3) is 1.96. The maximum absolute atomic E-state index is 12.0. The van der Waals surface area contributed by atoms with E-state index < -0.39 is 7.37 Å². The molecule has 0 spiro atoms. The second-order valence-electron chi connectivity index (χ2n) is 2.96. The molecule has 5 heteroatoms. The molecule has 0 amide bonds. The van der Waals surface area contributed by atoms with Crippen LogP contribution in [0.2, 0.25) is 0 Å². The van der Waals surface area contributed by atoms with Crippen LogP contribution in [0.25, 0.3) is 0 Å². The van der Waals surface area contributed by atoms with Crippen molar-refractivity contribution in [2.75, 3.05) is 0 Å². The topological polar surface area (TPSA) is 63.1 Å². The van der Waals surface area contributed by atoms with Crippen LogP contribution in [0.5, 0.6) is 0 Å². The van der Waals surface area contributed by atoms with Gasteiger partial charge in [0.1, 0.15) is 0 Å². The van der Waals surface area contributed by atoms with E-state index in [0.29, 0.717) is 5.30 Å². The molecule has 0 saturated carbocycles. The molecule has 1 N–H and O–H groups in total. The van der Waals surface area contributed by atoms with Gasteiger partial charge in [-0.1, -0.05) is 18.2 Å². The van der Waals surface area contributed by atoms with Gasteiger partial charge in [0.25, 0.3) is 7.37 Å². The van der Waals surface area contributed by atoms with Gasteiger partial charge in [0.05, 0.1) is 0 Å². The molecule has 0 bridgehead atoms. The molecule has 1 atom stereocenters. The molecule has 1 aromatic carbocycles. The molecule has 0 radical (unpaired) electrons. The Morgan fingerprint density at radius 3 is 2.20 bits per heavy atom. The minimum atomic E-state index is -3.62. The largest absolute Gasteiger partial charge is 0.336 e. The average Bonchev–Trinajstić information content (AvgIpc) is 2.31. The predicted octanol–water partition coefficient (Wildman–Crippen LogP) is 0.698. The molecular formula is C10H9N2O2P. The highest BCUT2D eigenvalue weighted by atomic mass is 31.2. The maximum Gasteiger partial charge on any atom is 0.295 e. The van der Waals surface area contributed by atoms with E-state index >= 15 is 0 Å². The number of rotatable bonds is 2. The van der Waals surface area contributed by atoms with Gasteiger partial charge in [0.2, 0.25) is 5.57 Å². The van der Waals surface area contributed by atoms with Crippen LogP contribution < -0.4 is 10.9 Å². The zero-order valence-electron chi connectivity index (χ0n) is 7.82. The van der Waals surface area contributed by atoms with Crippen LogP contribution in [0.1, 0.15) is 0 Å². The number of hydrogen-bond acceptors (Lipinski definition) is 3. The molecule has 15 heavy (non-hydrogen) atoms. The van der Waals surface area contributed by atoms with Gasteiger partial charge < -0.3 is 4.89 Å². The maximum atomic E-state index is 12.0. The van der Waals surface area contributed by atoms with Gasteiger partial charge in [-0.3, -0.25) is 4.57 Å². The summed E-state index contributed by atoms with van der Waals surface area (Å²) in [4.78, 5) is 17.5. The molecule has 0 aliphatic carbocycles. The monoisotopic (exact) mass is 220 g/mol. The fourth-order valence-electron chi connectivity index (χ4n) is 1.19. The molecule has 2 rings (SSSR count). The first kappa shape index (κ1) is 10.0. The van der Waals surface area contributed by atoms with E-state index in [1.165, 1.54) is 12.4 Å². The Kier molecular flexibility index (Phi) is 2.62. The molecule has 2 aromatic rings. The Hall–Kier alpha value is -1.51. The van der Waals surface area contributed by atoms with Crippen molar-refractivity contribution in [1.29, 1.82) is 0 Å². The number of aromatic nitrogens is 2. The average molecular weight is 220 g/mol. The predicted molar refractivity (Wildman–Crippen MR) is 57.6 cm³/mol. The normalized spacial score (nSPS) is 14.5.